The Bertz CT molecular complexity index is 1260. The first-order valence-corrected chi connectivity index (χ1v) is 11.8. The second kappa shape index (κ2) is 7.72. The Balaban J connectivity index is 1.54. The summed E-state index contributed by atoms with van der Waals surface area (Å²) in [5, 5.41) is 0. The van der Waals surface area contributed by atoms with Gasteiger partial charge in [-0.05, 0) is 47.9 Å². The SMILES string of the molecule is COc1ccc(CN2C3(CCN(C(=O)c4ccncc4)C3)c3ccccc3S2(=O)=O)cc1. The average Bonchev–Trinajstić information content (AvgIpc) is 3.35. The van der Waals surface area contributed by atoms with Gasteiger partial charge in [-0.3, -0.25) is 9.78 Å². The Kier molecular flexibility index (Phi) is 4.98. The molecule has 1 atom stereocenters. The van der Waals surface area contributed by atoms with Crippen molar-refractivity contribution in [2.45, 2.75) is 23.4 Å². The van der Waals surface area contributed by atoms with Crippen molar-refractivity contribution in [2.24, 2.45) is 0 Å². The Labute approximate surface area is 187 Å². The lowest BCUT2D eigenvalue weighted by molar-refractivity contribution is 0.0762. The molecule has 7 nitrogen and oxygen atoms in total. The van der Waals surface area contributed by atoms with Crippen LogP contribution in [0.4, 0.5) is 0 Å². The van der Waals surface area contributed by atoms with E-state index in [9.17, 15) is 13.2 Å². The third-order valence-electron chi connectivity index (χ3n) is 6.38. The largest absolute Gasteiger partial charge is 0.497 e. The summed E-state index contributed by atoms with van der Waals surface area (Å²) in [7, 11) is -2.12. The summed E-state index contributed by atoms with van der Waals surface area (Å²) in [4.78, 5) is 19.2. The van der Waals surface area contributed by atoms with E-state index in [2.05, 4.69) is 4.98 Å². The Morgan fingerprint density at radius 1 is 1.06 bits per heavy atom. The van der Waals surface area contributed by atoms with Gasteiger partial charge in [0.2, 0.25) is 10.0 Å². The lowest BCUT2D eigenvalue weighted by atomic mass is 9.88. The van der Waals surface area contributed by atoms with Crippen molar-refractivity contribution in [3.8, 4) is 5.75 Å². The first kappa shape index (κ1) is 20.7. The number of methoxy groups -OCH3 is 1. The van der Waals surface area contributed by atoms with Gasteiger partial charge < -0.3 is 9.64 Å². The Hall–Kier alpha value is -3.23. The molecule has 1 unspecified atom stereocenters. The molecule has 8 heteroatoms. The number of hydrogen-bond donors (Lipinski definition) is 0. The van der Waals surface area contributed by atoms with Gasteiger partial charge in [0.05, 0.1) is 17.5 Å². The van der Waals surface area contributed by atoms with Crippen LogP contribution >= 0.6 is 0 Å². The zero-order chi connectivity index (χ0) is 22.3. The molecule has 1 spiro atoms. The fourth-order valence-electron chi connectivity index (χ4n) is 4.76. The summed E-state index contributed by atoms with van der Waals surface area (Å²) in [6.45, 7) is 1.00. The minimum absolute atomic E-state index is 0.115. The van der Waals surface area contributed by atoms with Crippen LogP contribution in [0.5, 0.6) is 5.75 Å². The van der Waals surface area contributed by atoms with Crippen molar-refractivity contribution in [3.05, 3.63) is 89.7 Å². The van der Waals surface area contributed by atoms with Gasteiger partial charge in [-0.2, -0.15) is 4.31 Å². The van der Waals surface area contributed by atoms with Crippen LogP contribution in [-0.2, 0) is 22.1 Å². The van der Waals surface area contributed by atoms with Crippen LogP contribution in [0.3, 0.4) is 0 Å². The molecule has 1 amide bonds. The number of pyridine rings is 1. The fraction of sp³-hybridized carbons (Fsp3) is 0.250. The van der Waals surface area contributed by atoms with Crippen LogP contribution in [0.15, 0.2) is 78.0 Å². The van der Waals surface area contributed by atoms with Crippen molar-refractivity contribution >= 4 is 15.9 Å². The van der Waals surface area contributed by atoms with Crippen molar-refractivity contribution in [1.29, 1.82) is 0 Å². The number of sulfonamides is 1. The molecule has 32 heavy (non-hydrogen) atoms. The van der Waals surface area contributed by atoms with Gasteiger partial charge in [0.25, 0.3) is 5.91 Å². The Morgan fingerprint density at radius 3 is 2.50 bits per heavy atom. The van der Waals surface area contributed by atoms with Crippen LogP contribution in [0, 0.1) is 0 Å². The molecular formula is C24H23N3O4S. The molecule has 0 radical (unpaired) electrons. The molecule has 0 saturated carbocycles. The number of nitrogens with zero attached hydrogens (tertiary/aromatic N) is 3. The molecule has 0 bridgehead atoms. The van der Waals surface area contributed by atoms with E-state index < -0.39 is 15.6 Å². The van der Waals surface area contributed by atoms with Crippen LogP contribution in [0.25, 0.3) is 0 Å². The predicted molar refractivity (Wildman–Crippen MR) is 119 cm³/mol. The number of carbonyl (C=O) groups is 1. The number of carbonyl (C=O) groups excluding carboxylic acids is 1. The number of rotatable bonds is 4. The molecule has 3 aromatic rings. The van der Waals surface area contributed by atoms with E-state index in [1.807, 2.05) is 36.4 Å². The molecule has 5 rings (SSSR count). The normalized spacial score (nSPS) is 21.6. The number of amides is 1. The van der Waals surface area contributed by atoms with Gasteiger partial charge in [0.15, 0.2) is 0 Å². The van der Waals surface area contributed by atoms with E-state index in [1.165, 1.54) is 0 Å². The van der Waals surface area contributed by atoms with Crippen LogP contribution in [-0.4, -0.2) is 48.7 Å². The first-order chi connectivity index (χ1) is 15.5. The van der Waals surface area contributed by atoms with Gasteiger partial charge >= 0.3 is 0 Å². The second-order valence-corrected chi connectivity index (χ2v) is 9.93. The molecule has 164 valence electrons. The highest BCUT2D eigenvalue weighted by atomic mass is 32.2. The molecule has 1 aromatic heterocycles. The second-order valence-electron chi connectivity index (χ2n) is 8.10. The topological polar surface area (TPSA) is 79.8 Å². The molecule has 0 aliphatic carbocycles. The van der Waals surface area contributed by atoms with Crippen molar-refractivity contribution in [1.82, 2.24) is 14.2 Å². The van der Waals surface area contributed by atoms with Crippen LogP contribution < -0.4 is 4.74 Å². The highest BCUT2D eigenvalue weighted by Gasteiger charge is 2.57. The maximum atomic E-state index is 13.6. The number of fused-ring (bicyclic) bond motifs is 2. The summed E-state index contributed by atoms with van der Waals surface area (Å²) in [6.07, 6.45) is 3.71. The number of ether oxygens (including phenoxy) is 1. The summed E-state index contributed by atoms with van der Waals surface area (Å²) in [5.74, 6) is 0.599. The van der Waals surface area contributed by atoms with Gasteiger partial charge in [0, 0.05) is 37.6 Å². The number of likely N-dealkylation sites (tertiary alicyclic amines) is 1. The highest BCUT2D eigenvalue weighted by Crippen LogP contribution is 2.50. The molecular weight excluding hydrogens is 426 g/mol. The van der Waals surface area contributed by atoms with E-state index in [1.54, 1.807) is 53.0 Å². The molecule has 2 aromatic carbocycles. The maximum Gasteiger partial charge on any atom is 0.254 e. The van der Waals surface area contributed by atoms with E-state index in [4.69, 9.17) is 4.74 Å². The third kappa shape index (κ3) is 3.18. The average molecular weight is 450 g/mol. The van der Waals surface area contributed by atoms with Gasteiger partial charge in [-0.15, -0.1) is 0 Å². The lowest BCUT2D eigenvalue weighted by Gasteiger charge is -2.34. The monoisotopic (exact) mass is 449 g/mol. The zero-order valence-electron chi connectivity index (χ0n) is 17.6. The number of aromatic nitrogens is 1. The highest BCUT2D eigenvalue weighted by molar-refractivity contribution is 7.89. The summed E-state index contributed by atoms with van der Waals surface area (Å²) < 4.78 is 34.0. The van der Waals surface area contributed by atoms with Gasteiger partial charge in [-0.1, -0.05) is 30.3 Å². The maximum absolute atomic E-state index is 13.6. The predicted octanol–water partition coefficient (Wildman–Crippen LogP) is 3.04. The molecule has 2 aliphatic heterocycles. The molecule has 1 fully saturated rings. The van der Waals surface area contributed by atoms with Crippen molar-refractivity contribution in [3.63, 3.8) is 0 Å². The molecule has 1 saturated heterocycles. The minimum atomic E-state index is -3.71. The first-order valence-electron chi connectivity index (χ1n) is 10.4. The van der Waals surface area contributed by atoms with E-state index in [0.717, 1.165) is 11.1 Å². The van der Waals surface area contributed by atoms with Gasteiger partial charge in [-0.25, -0.2) is 8.42 Å². The zero-order valence-corrected chi connectivity index (χ0v) is 18.5. The minimum Gasteiger partial charge on any atom is -0.497 e. The third-order valence-corrected chi connectivity index (χ3v) is 8.35. The molecule has 3 heterocycles. The fourth-order valence-corrected chi connectivity index (χ4v) is 6.81. The summed E-state index contributed by atoms with van der Waals surface area (Å²) in [5.41, 5.74) is 1.38. The smallest absolute Gasteiger partial charge is 0.254 e. The standard InChI is InChI=1S/C24H23N3O4S/c1-31-20-8-6-18(7-9-20)16-27-24(21-4-2-3-5-22(21)32(27,29)30)12-15-26(17-24)23(28)19-10-13-25-14-11-19/h2-11,13-14H,12,15-17H2,1H3. The quantitative estimate of drug-likeness (QED) is 0.612. The molecule has 2 aliphatic rings. The van der Waals surface area contributed by atoms with E-state index in [-0.39, 0.29) is 12.5 Å². The van der Waals surface area contributed by atoms with Crippen molar-refractivity contribution < 1.29 is 17.9 Å². The summed E-state index contributed by atoms with van der Waals surface area (Å²) in [6, 6.07) is 17.9. The van der Waals surface area contributed by atoms with Crippen LogP contribution in [0.1, 0.15) is 27.9 Å². The Morgan fingerprint density at radius 2 is 1.78 bits per heavy atom. The van der Waals surface area contributed by atoms with Crippen LogP contribution in [0.2, 0.25) is 0 Å². The summed E-state index contributed by atoms with van der Waals surface area (Å²) >= 11 is 0. The van der Waals surface area contributed by atoms with Gasteiger partial charge in [0.1, 0.15) is 5.75 Å². The molecule has 0 N–H and O–H groups in total. The number of benzene rings is 2. The number of hydrogen-bond acceptors (Lipinski definition) is 5. The lowest BCUT2D eigenvalue weighted by Crippen LogP contribution is -2.46. The van der Waals surface area contributed by atoms with E-state index in [0.29, 0.717) is 35.7 Å². The van der Waals surface area contributed by atoms with Crippen molar-refractivity contribution in [2.75, 3.05) is 20.2 Å². The van der Waals surface area contributed by atoms with E-state index >= 15 is 0 Å².